The molecule has 0 aromatic carbocycles. The number of carboxylic acids is 1. The summed E-state index contributed by atoms with van der Waals surface area (Å²) in [5.41, 5.74) is 6.37. The average Bonchev–Trinajstić information content (AvgIpc) is 1.98. The van der Waals surface area contributed by atoms with Crippen molar-refractivity contribution in [2.24, 2.45) is 5.92 Å². The second-order valence-corrected chi connectivity index (χ2v) is 3.87. The van der Waals surface area contributed by atoms with E-state index in [-0.39, 0.29) is 12.2 Å². The van der Waals surface area contributed by atoms with Crippen molar-refractivity contribution in [3.8, 4) is 0 Å². The highest BCUT2D eigenvalue weighted by Crippen LogP contribution is 2.09. The average molecular weight is 209 g/mol. The first-order chi connectivity index (χ1) is 6.97. The summed E-state index contributed by atoms with van der Waals surface area (Å²) in [6, 6.07) is 1.69. The molecule has 0 amide bonds. The Bertz CT molecular complexity index is 364. The molecule has 0 aliphatic heterocycles. The predicted octanol–water partition coefficient (Wildman–Crippen LogP) is 0.884. The Morgan fingerprint density at radius 2 is 2.20 bits per heavy atom. The van der Waals surface area contributed by atoms with Crippen molar-refractivity contribution < 1.29 is 9.90 Å². The van der Waals surface area contributed by atoms with Crippen LogP contribution in [0.5, 0.6) is 0 Å². The molecule has 1 aromatic rings. The van der Waals surface area contributed by atoms with Gasteiger partial charge >= 0.3 is 5.97 Å². The van der Waals surface area contributed by atoms with E-state index in [2.05, 4.69) is 23.8 Å². The fraction of sp³-hybridized carbons (Fsp3) is 0.500. The molecule has 0 bridgehead atoms. The van der Waals surface area contributed by atoms with Crippen molar-refractivity contribution in [1.82, 2.24) is 9.97 Å². The number of aromatic nitrogens is 2. The van der Waals surface area contributed by atoms with Crippen molar-refractivity contribution >= 4 is 11.8 Å². The highest BCUT2D eigenvalue weighted by atomic mass is 16.4. The number of hydrogen-bond acceptors (Lipinski definition) is 4. The molecule has 0 spiro atoms. The number of aliphatic carboxylic acids is 1. The van der Waals surface area contributed by atoms with Gasteiger partial charge in [0.1, 0.15) is 18.1 Å². The number of rotatable bonds is 4. The van der Waals surface area contributed by atoms with Gasteiger partial charge in [-0.15, -0.1) is 0 Å². The van der Waals surface area contributed by atoms with Crippen LogP contribution < -0.4 is 5.73 Å². The molecule has 0 aliphatic rings. The number of nitrogens with zero attached hydrogens (tertiary/aromatic N) is 2. The molecule has 82 valence electrons. The maximum atomic E-state index is 10.5. The number of nitrogen functional groups attached to an aromatic ring is 1. The Morgan fingerprint density at radius 1 is 1.53 bits per heavy atom. The van der Waals surface area contributed by atoms with Crippen molar-refractivity contribution in [2.45, 2.75) is 26.7 Å². The highest BCUT2D eigenvalue weighted by Gasteiger charge is 2.07. The van der Waals surface area contributed by atoms with E-state index in [1.807, 2.05) is 0 Å². The molecule has 5 nitrogen and oxygen atoms in total. The van der Waals surface area contributed by atoms with Crippen molar-refractivity contribution in [3.63, 3.8) is 0 Å². The van der Waals surface area contributed by atoms with Gasteiger partial charge in [-0.1, -0.05) is 13.8 Å². The van der Waals surface area contributed by atoms with Gasteiger partial charge in [-0.05, 0) is 12.3 Å². The normalized spacial score (nSPS) is 10.6. The highest BCUT2D eigenvalue weighted by molar-refractivity contribution is 5.69. The zero-order valence-corrected chi connectivity index (χ0v) is 8.90. The van der Waals surface area contributed by atoms with E-state index in [9.17, 15) is 4.79 Å². The number of hydrogen-bond donors (Lipinski definition) is 2. The largest absolute Gasteiger partial charge is 0.481 e. The fourth-order valence-corrected chi connectivity index (χ4v) is 1.31. The summed E-state index contributed by atoms with van der Waals surface area (Å²) in [6.07, 6.45) is 0.593. The van der Waals surface area contributed by atoms with E-state index in [0.29, 0.717) is 11.7 Å². The number of anilines is 1. The molecule has 1 aromatic heterocycles. The van der Waals surface area contributed by atoms with E-state index in [1.165, 1.54) is 0 Å². The Morgan fingerprint density at radius 3 is 2.73 bits per heavy atom. The van der Waals surface area contributed by atoms with Gasteiger partial charge in [-0.3, -0.25) is 4.79 Å². The van der Waals surface area contributed by atoms with Crippen molar-refractivity contribution in [2.75, 3.05) is 5.73 Å². The molecule has 3 N–H and O–H groups in total. The van der Waals surface area contributed by atoms with Crippen LogP contribution in [0.1, 0.15) is 25.4 Å². The van der Waals surface area contributed by atoms with E-state index in [0.717, 1.165) is 12.1 Å². The third-order valence-electron chi connectivity index (χ3n) is 1.77. The first kappa shape index (κ1) is 11.4. The van der Waals surface area contributed by atoms with E-state index < -0.39 is 5.97 Å². The van der Waals surface area contributed by atoms with Gasteiger partial charge in [-0.2, -0.15) is 0 Å². The van der Waals surface area contributed by atoms with Gasteiger partial charge in [-0.25, -0.2) is 9.97 Å². The zero-order chi connectivity index (χ0) is 11.4. The van der Waals surface area contributed by atoms with Gasteiger partial charge in [0.05, 0.1) is 0 Å². The van der Waals surface area contributed by atoms with Gasteiger partial charge in [0.25, 0.3) is 0 Å². The second-order valence-electron chi connectivity index (χ2n) is 3.87. The lowest BCUT2D eigenvalue weighted by atomic mass is 10.1. The Balaban J connectivity index is 2.89. The zero-order valence-electron chi connectivity index (χ0n) is 8.90. The van der Waals surface area contributed by atoms with E-state index in [4.69, 9.17) is 10.8 Å². The Kier molecular flexibility index (Phi) is 3.60. The summed E-state index contributed by atoms with van der Waals surface area (Å²) in [7, 11) is 0. The van der Waals surface area contributed by atoms with Crippen LogP contribution in [0.15, 0.2) is 6.07 Å². The molecule has 0 saturated carbocycles. The maximum Gasteiger partial charge on any atom is 0.311 e. The van der Waals surface area contributed by atoms with E-state index >= 15 is 0 Å². The molecule has 5 heteroatoms. The van der Waals surface area contributed by atoms with Crippen LogP contribution >= 0.6 is 0 Å². The SMILES string of the molecule is CC(C)Cc1cc(N)nc(CC(=O)O)n1. The van der Waals surface area contributed by atoms with Crippen LogP contribution in [0, 0.1) is 5.92 Å². The molecule has 0 aliphatic carbocycles. The molecule has 0 atom stereocenters. The first-order valence-electron chi connectivity index (χ1n) is 4.81. The second kappa shape index (κ2) is 4.72. The van der Waals surface area contributed by atoms with Crippen LogP contribution in [-0.4, -0.2) is 21.0 Å². The van der Waals surface area contributed by atoms with Crippen LogP contribution in [-0.2, 0) is 17.6 Å². The summed E-state index contributed by atoms with van der Waals surface area (Å²) in [6.45, 7) is 4.13. The lowest BCUT2D eigenvalue weighted by Gasteiger charge is -2.06. The monoisotopic (exact) mass is 209 g/mol. The van der Waals surface area contributed by atoms with Crippen LogP contribution in [0.25, 0.3) is 0 Å². The Labute approximate surface area is 88.4 Å². The molecule has 1 heterocycles. The minimum absolute atomic E-state index is 0.184. The lowest BCUT2D eigenvalue weighted by molar-refractivity contribution is -0.136. The minimum atomic E-state index is -0.948. The van der Waals surface area contributed by atoms with Gasteiger partial charge in [0, 0.05) is 11.8 Å². The topological polar surface area (TPSA) is 89.1 Å². The number of nitrogens with two attached hydrogens (primary N) is 1. The van der Waals surface area contributed by atoms with Crippen LogP contribution in [0.4, 0.5) is 5.82 Å². The molecule has 0 fully saturated rings. The maximum absolute atomic E-state index is 10.5. The third-order valence-corrected chi connectivity index (χ3v) is 1.77. The van der Waals surface area contributed by atoms with Gasteiger partial charge in [0.2, 0.25) is 0 Å². The number of carboxylic acid groups (broad SMARTS) is 1. The quantitative estimate of drug-likeness (QED) is 0.768. The smallest absolute Gasteiger partial charge is 0.311 e. The molecular formula is C10H15N3O2. The standard InChI is InChI=1S/C10H15N3O2/c1-6(2)3-7-4-8(11)13-9(12-7)5-10(14)15/h4,6H,3,5H2,1-2H3,(H,14,15)(H2,11,12,13). The molecule has 0 saturated heterocycles. The molecule has 0 radical (unpaired) electrons. The summed E-state index contributed by atoms with van der Waals surface area (Å²) >= 11 is 0. The molecule has 0 unspecified atom stereocenters. The molecular weight excluding hydrogens is 194 g/mol. The third kappa shape index (κ3) is 3.93. The lowest BCUT2D eigenvalue weighted by Crippen LogP contribution is -2.09. The first-order valence-corrected chi connectivity index (χ1v) is 4.81. The summed E-state index contributed by atoms with van der Waals surface area (Å²) in [5.74, 6) is 0.114. The van der Waals surface area contributed by atoms with Gasteiger partial charge in [0.15, 0.2) is 0 Å². The van der Waals surface area contributed by atoms with Crippen molar-refractivity contribution in [3.05, 3.63) is 17.6 Å². The molecule has 1 rings (SSSR count). The van der Waals surface area contributed by atoms with Crippen LogP contribution in [0.2, 0.25) is 0 Å². The summed E-state index contributed by atoms with van der Waals surface area (Å²) < 4.78 is 0. The fourth-order valence-electron chi connectivity index (χ4n) is 1.31. The van der Waals surface area contributed by atoms with Gasteiger partial charge < -0.3 is 10.8 Å². The Hall–Kier alpha value is -1.65. The summed E-state index contributed by atoms with van der Waals surface area (Å²) in [5, 5.41) is 8.61. The van der Waals surface area contributed by atoms with E-state index in [1.54, 1.807) is 6.07 Å². The molecule has 15 heavy (non-hydrogen) atoms. The van der Waals surface area contributed by atoms with Crippen molar-refractivity contribution in [1.29, 1.82) is 0 Å². The number of carbonyl (C=O) groups is 1. The minimum Gasteiger partial charge on any atom is -0.481 e. The summed E-state index contributed by atoms with van der Waals surface area (Å²) in [4.78, 5) is 18.5. The van der Waals surface area contributed by atoms with Crippen LogP contribution in [0.3, 0.4) is 0 Å². The predicted molar refractivity (Wildman–Crippen MR) is 56.3 cm³/mol.